The van der Waals surface area contributed by atoms with Gasteiger partial charge in [0.1, 0.15) is 5.82 Å². The first kappa shape index (κ1) is 22.4. The summed E-state index contributed by atoms with van der Waals surface area (Å²) >= 11 is 12.3. The average Bonchev–Trinajstić information content (AvgIpc) is 3.13. The summed E-state index contributed by atoms with van der Waals surface area (Å²) in [4.78, 5) is 8.04. The maximum atomic E-state index is 6.35. The molecule has 29 heavy (non-hydrogen) atoms. The van der Waals surface area contributed by atoms with Gasteiger partial charge in [0, 0.05) is 22.0 Å². The van der Waals surface area contributed by atoms with Crippen LogP contribution in [0.2, 0.25) is 5.02 Å². The minimum absolute atomic E-state index is 0.673. The molecule has 1 heterocycles. The SMILES string of the molecule is C#C.C=C(NC(/C=C(\C)Cl)=C/C)c1ccc2nc(-c3cc(C)ccc3Cl)[nH]c2c1. The van der Waals surface area contributed by atoms with Gasteiger partial charge in [-0.1, -0.05) is 53.6 Å². The lowest BCUT2D eigenvalue weighted by Gasteiger charge is -2.11. The van der Waals surface area contributed by atoms with Crippen LogP contribution in [-0.4, -0.2) is 9.97 Å². The first-order valence-corrected chi connectivity index (χ1v) is 9.69. The van der Waals surface area contributed by atoms with Gasteiger partial charge in [-0.25, -0.2) is 4.98 Å². The van der Waals surface area contributed by atoms with Gasteiger partial charge in [0.15, 0.2) is 0 Å². The standard InChI is InChI=1S/C22H21Cl2N3.C2H2/c1-5-17(11-14(3)23)25-15(4)16-7-9-20-21(12-16)27-22(26-20)18-10-13(2)6-8-19(18)24;1-2/h5-12,25H,4H2,1-3H3,(H,26,27);1-2H/b14-11+,17-5+;. The van der Waals surface area contributed by atoms with E-state index in [1.165, 1.54) is 0 Å². The molecular formula is C24H23Cl2N3. The van der Waals surface area contributed by atoms with Gasteiger partial charge >= 0.3 is 0 Å². The van der Waals surface area contributed by atoms with E-state index in [1.54, 1.807) is 0 Å². The molecule has 148 valence electrons. The van der Waals surface area contributed by atoms with Crippen LogP contribution in [-0.2, 0) is 0 Å². The van der Waals surface area contributed by atoms with Crippen LogP contribution < -0.4 is 5.32 Å². The minimum atomic E-state index is 0.673. The highest BCUT2D eigenvalue weighted by atomic mass is 35.5. The van der Waals surface area contributed by atoms with Gasteiger partial charge in [0.25, 0.3) is 0 Å². The van der Waals surface area contributed by atoms with Crippen molar-refractivity contribution in [3.63, 3.8) is 0 Å². The largest absolute Gasteiger partial charge is 0.356 e. The predicted molar refractivity (Wildman–Crippen MR) is 127 cm³/mol. The predicted octanol–water partition coefficient (Wildman–Crippen LogP) is 7.05. The molecule has 0 atom stereocenters. The number of aromatic nitrogens is 2. The van der Waals surface area contributed by atoms with Crippen LogP contribution in [0.5, 0.6) is 0 Å². The van der Waals surface area contributed by atoms with E-state index in [2.05, 4.69) is 34.7 Å². The summed E-state index contributed by atoms with van der Waals surface area (Å²) in [7, 11) is 0. The van der Waals surface area contributed by atoms with Crippen LogP contribution in [0.15, 0.2) is 65.9 Å². The quantitative estimate of drug-likeness (QED) is 0.340. The van der Waals surface area contributed by atoms with Crippen LogP contribution in [0, 0.1) is 19.8 Å². The van der Waals surface area contributed by atoms with E-state index in [1.807, 2.05) is 69.3 Å². The highest BCUT2D eigenvalue weighted by Crippen LogP contribution is 2.29. The summed E-state index contributed by atoms with van der Waals surface area (Å²) in [5.74, 6) is 0.754. The fourth-order valence-corrected chi connectivity index (χ4v) is 3.12. The second-order valence-corrected chi connectivity index (χ2v) is 7.38. The molecular weight excluding hydrogens is 401 g/mol. The highest BCUT2D eigenvalue weighted by molar-refractivity contribution is 6.33. The number of halogens is 2. The van der Waals surface area contributed by atoms with Crippen molar-refractivity contribution < 1.29 is 0 Å². The number of nitrogens with zero attached hydrogens (tertiary/aromatic N) is 1. The smallest absolute Gasteiger partial charge is 0.140 e. The normalized spacial score (nSPS) is 11.7. The zero-order chi connectivity index (χ0) is 21.6. The van der Waals surface area contributed by atoms with Crippen molar-refractivity contribution >= 4 is 39.9 Å². The van der Waals surface area contributed by atoms with Crippen molar-refractivity contribution in [2.24, 2.45) is 0 Å². The second kappa shape index (κ2) is 10.0. The van der Waals surface area contributed by atoms with Crippen LogP contribution >= 0.6 is 23.2 Å². The van der Waals surface area contributed by atoms with E-state index >= 15 is 0 Å². The lowest BCUT2D eigenvalue weighted by Crippen LogP contribution is -2.09. The Labute approximate surface area is 182 Å². The lowest BCUT2D eigenvalue weighted by atomic mass is 10.1. The summed E-state index contributed by atoms with van der Waals surface area (Å²) in [6, 6.07) is 11.9. The zero-order valence-electron chi connectivity index (χ0n) is 16.7. The van der Waals surface area contributed by atoms with Gasteiger partial charge in [-0.3, -0.25) is 0 Å². The molecule has 0 fully saturated rings. The number of allylic oxidation sites excluding steroid dienone is 3. The number of nitrogens with one attached hydrogen (secondary N) is 2. The Balaban J connectivity index is 0.00000145. The Morgan fingerprint density at radius 3 is 2.59 bits per heavy atom. The number of hydrogen-bond acceptors (Lipinski definition) is 2. The molecule has 0 bridgehead atoms. The zero-order valence-corrected chi connectivity index (χ0v) is 18.2. The van der Waals surface area contributed by atoms with E-state index in [4.69, 9.17) is 23.2 Å². The fraction of sp³-hybridized carbons (Fsp3) is 0.125. The number of aryl methyl sites for hydroxylation is 1. The molecule has 0 aliphatic heterocycles. The summed E-state index contributed by atoms with van der Waals surface area (Å²) < 4.78 is 0. The number of fused-ring (bicyclic) bond motifs is 1. The fourth-order valence-electron chi connectivity index (χ4n) is 2.80. The highest BCUT2D eigenvalue weighted by Gasteiger charge is 2.10. The molecule has 3 nitrogen and oxygen atoms in total. The molecule has 3 rings (SSSR count). The average molecular weight is 424 g/mol. The van der Waals surface area contributed by atoms with Gasteiger partial charge in [-0.05, 0) is 56.7 Å². The Kier molecular flexibility index (Phi) is 7.73. The Bertz CT molecular complexity index is 1110. The van der Waals surface area contributed by atoms with E-state index in [0.29, 0.717) is 10.1 Å². The molecule has 0 aliphatic rings. The Morgan fingerprint density at radius 2 is 1.93 bits per heavy atom. The van der Waals surface area contributed by atoms with Gasteiger partial charge in [-0.2, -0.15) is 0 Å². The maximum absolute atomic E-state index is 6.35. The van der Waals surface area contributed by atoms with E-state index < -0.39 is 0 Å². The molecule has 2 N–H and O–H groups in total. The first-order chi connectivity index (χ1) is 13.9. The van der Waals surface area contributed by atoms with Crippen molar-refractivity contribution in [1.29, 1.82) is 0 Å². The Hall–Kier alpha value is -2.93. The lowest BCUT2D eigenvalue weighted by molar-refractivity contribution is 1.13. The third-order valence-corrected chi connectivity index (χ3v) is 4.61. The van der Waals surface area contributed by atoms with Gasteiger partial charge in [0.2, 0.25) is 0 Å². The summed E-state index contributed by atoms with van der Waals surface area (Å²) in [5, 5.41) is 4.66. The molecule has 3 aromatic rings. The van der Waals surface area contributed by atoms with Crippen LogP contribution in [0.3, 0.4) is 0 Å². The van der Waals surface area contributed by atoms with Crippen molar-refractivity contribution in [2.45, 2.75) is 20.8 Å². The number of aromatic amines is 1. The Morgan fingerprint density at radius 1 is 1.21 bits per heavy atom. The molecule has 0 spiro atoms. The van der Waals surface area contributed by atoms with Crippen LogP contribution in [0.4, 0.5) is 0 Å². The molecule has 0 saturated heterocycles. The second-order valence-electron chi connectivity index (χ2n) is 6.38. The first-order valence-electron chi connectivity index (χ1n) is 8.93. The number of H-pyrrole nitrogens is 1. The molecule has 0 unspecified atom stereocenters. The van der Waals surface area contributed by atoms with Crippen molar-refractivity contribution in [1.82, 2.24) is 15.3 Å². The van der Waals surface area contributed by atoms with Crippen molar-refractivity contribution in [2.75, 3.05) is 0 Å². The van der Waals surface area contributed by atoms with Crippen LogP contribution in [0.1, 0.15) is 25.0 Å². The third kappa shape index (κ3) is 5.54. The van der Waals surface area contributed by atoms with E-state index in [0.717, 1.165) is 44.9 Å². The van der Waals surface area contributed by atoms with Crippen molar-refractivity contribution in [3.05, 3.63) is 82.0 Å². The molecule has 2 aromatic carbocycles. The number of imidazole rings is 1. The number of terminal acetylenes is 1. The van der Waals surface area contributed by atoms with Gasteiger partial charge < -0.3 is 10.3 Å². The number of benzene rings is 2. The van der Waals surface area contributed by atoms with E-state index in [-0.39, 0.29) is 0 Å². The molecule has 0 saturated carbocycles. The molecule has 0 aliphatic carbocycles. The van der Waals surface area contributed by atoms with E-state index in [9.17, 15) is 0 Å². The monoisotopic (exact) mass is 423 g/mol. The summed E-state index contributed by atoms with van der Waals surface area (Å²) in [6.45, 7) is 9.96. The molecule has 0 amide bonds. The minimum Gasteiger partial charge on any atom is -0.356 e. The van der Waals surface area contributed by atoms with Gasteiger partial charge in [-0.15, -0.1) is 12.8 Å². The number of hydrogen-bond donors (Lipinski definition) is 2. The third-order valence-electron chi connectivity index (χ3n) is 4.17. The topological polar surface area (TPSA) is 40.7 Å². The van der Waals surface area contributed by atoms with Gasteiger partial charge in [0.05, 0.1) is 16.1 Å². The molecule has 1 aromatic heterocycles. The molecule has 0 radical (unpaired) electrons. The van der Waals surface area contributed by atoms with Crippen molar-refractivity contribution in [3.8, 4) is 24.2 Å². The van der Waals surface area contributed by atoms with Crippen LogP contribution in [0.25, 0.3) is 28.1 Å². The molecule has 5 heteroatoms. The number of rotatable bonds is 5. The maximum Gasteiger partial charge on any atom is 0.140 e. The summed E-state index contributed by atoms with van der Waals surface area (Å²) in [6.07, 6.45) is 11.8. The summed E-state index contributed by atoms with van der Waals surface area (Å²) in [5.41, 5.74) is 6.47.